The molecule has 0 heterocycles. The second-order valence-electron chi connectivity index (χ2n) is 3.38. The third-order valence-corrected chi connectivity index (χ3v) is 1.88. The fourth-order valence-corrected chi connectivity index (χ4v) is 1.10. The third-order valence-electron chi connectivity index (χ3n) is 1.88. The van der Waals surface area contributed by atoms with Crippen LogP contribution in [0.3, 0.4) is 0 Å². The lowest BCUT2D eigenvalue weighted by molar-refractivity contribution is 0.204. The van der Waals surface area contributed by atoms with Gasteiger partial charge in [-0.05, 0) is 19.1 Å². The molecule has 1 rings (SSSR count). The smallest absolute Gasteiger partial charge is 0.109 e. The van der Waals surface area contributed by atoms with Crippen molar-refractivity contribution in [1.82, 2.24) is 0 Å². The Balaban J connectivity index is 2.42. The van der Waals surface area contributed by atoms with Crippen LogP contribution in [0, 0.1) is 41.9 Å². The molecule has 0 saturated carbocycles. The zero-order chi connectivity index (χ0) is 12.3. The van der Waals surface area contributed by atoms with Gasteiger partial charge in [0.15, 0.2) is 0 Å². The largest absolute Gasteiger partial charge is 0.356 e. The van der Waals surface area contributed by atoms with Gasteiger partial charge in [-0.15, -0.1) is 6.42 Å². The highest BCUT2D eigenvalue weighted by atomic mass is 16.5. The molecule has 0 radical (unpaired) electrons. The molecule has 1 aromatic rings. The summed E-state index contributed by atoms with van der Waals surface area (Å²) in [6.07, 6.45) is 5.04. The number of ether oxygens (including phenoxy) is 1. The van der Waals surface area contributed by atoms with E-state index in [1.807, 2.05) is 37.3 Å². The predicted molar refractivity (Wildman–Crippen MR) is 69.9 cm³/mol. The molecule has 0 amide bonds. The van der Waals surface area contributed by atoms with Gasteiger partial charge in [-0.2, -0.15) is 0 Å². The molecule has 1 nitrogen and oxygen atoms in total. The van der Waals surface area contributed by atoms with Crippen LogP contribution in [0.1, 0.15) is 12.5 Å². The minimum atomic E-state index is 0.0321. The summed E-state index contributed by atoms with van der Waals surface area (Å²) in [5.74, 6) is 14.4. The Kier molecular flexibility index (Phi) is 6.13. The van der Waals surface area contributed by atoms with E-state index in [1.54, 1.807) is 0 Å². The van der Waals surface area contributed by atoms with E-state index in [4.69, 9.17) is 11.2 Å². The maximum Gasteiger partial charge on any atom is 0.109 e. The van der Waals surface area contributed by atoms with Crippen molar-refractivity contribution >= 4 is 0 Å². The summed E-state index contributed by atoms with van der Waals surface area (Å²) in [7, 11) is 0. The zero-order valence-electron chi connectivity index (χ0n) is 9.86. The third kappa shape index (κ3) is 6.11. The van der Waals surface area contributed by atoms with E-state index in [0.717, 1.165) is 5.56 Å². The Morgan fingerprint density at radius 1 is 1.18 bits per heavy atom. The van der Waals surface area contributed by atoms with Gasteiger partial charge in [0, 0.05) is 5.56 Å². The summed E-state index contributed by atoms with van der Waals surface area (Å²) in [6.45, 7) is 2.63. The normalized spacial score (nSPS) is 10.1. The highest BCUT2D eigenvalue weighted by Crippen LogP contribution is 1.96. The van der Waals surface area contributed by atoms with Gasteiger partial charge in [-0.3, -0.25) is 0 Å². The maximum atomic E-state index is 5.04. The standard InChI is InChI=1S/C16H14O/c1-3-13-17-14-7-8-15(2)11-12-16-9-5-4-6-10-16/h1,4-6,9-10,15H,13-14H2,2H3. The number of benzene rings is 1. The molecular weight excluding hydrogens is 208 g/mol. The minimum Gasteiger partial charge on any atom is -0.356 e. The summed E-state index contributed by atoms with van der Waals surface area (Å²) >= 11 is 0. The minimum absolute atomic E-state index is 0.0321. The van der Waals surface area contributed by atoms with E-state index in [9.17, 15) is 0 Å². The van der Waals surface area contributed by atoms with Gasteiger partial charge in [-0.1, -0.05) is 47.8 Å². The lowest BCUT2D eigenvalue weighted by Gasteiger charge is -1.92. The lowest BCUT2D eigenvalue weighted by atomic mass is 10.1. The van der Waals surface area contributed by atoms with E-state index in [0.29, 0.717) is 13.2 Å². The van der Waals surface area contributed by atoms with Crippen LogP contribution in [-0.4, -0.2) is 13.2 Å². The first-order chi connectivity index (χ1) is 8.33. The van der Waals surface area contributed by atoms with Crippen LogP contribution in [-0.2, 0) is 4.74 Å². The van der Waals surface area contributed by atoms with Gasteiger partial charge in [-0.25, -0.2) is 0 Å². The molecule has 17 heavy (non-hydrogen) atoms. The van der Waals surface area contributed by atoms with Crippen molar-refractivity contribution < 1.29 is 4.74 Å². The zero-order valence-corrected chi connectivity index (χ0v) is 9.86. The molecule has 0 aliphatic heterocycles. The summed E-state index contributed by atoms with van der Waals surface area (Å²) in [5.41, 5.74) is 1.00. The molecule has 0 spiro atoms. The van der Waals surface area contributed by atoms with Crippen LogP contribution in [0.15, 0.2) is 30.3 Å². The van der Waals surface area contributed by atoms with Gasteiger partial charge in [0.2, 0.25) is 0 Å². The van der Waals surface area contributed by atoms with Crippen molar-refractivity contribution in [2.45, 2.75) is 6.92 Å². The van der Waals surface area contributed by atoms with Gasteiger partial charge in [0.05, 0.1) is 5.92 Å². The molecule has 0 fully saturated rings. The van der Waals surface area contributed by atoms with Crippen molar-refractivity contribution in [3.63, 3.8) is 0 Å². The summed E-state index contributed by atoms with van der Waals surface area (Å²) in [4.78, 5) is 0. The van der Waals surface area contributed by atoms with Crippen LogP contribution in [0.25, 0.3) is 0 Å². The molecule has 1 heteroatoms. The summed E-state index contributed by atoms with van der Waals surface area (Å²) in [6, 6.07) is 9.85. The maximum absolute atomic E-state index is 5.04. The molecule has 84 valence electrons. The quantitative estimate of drug-likeness (QED) is 0.551. The molecule has 0 N–H and O–H groups in total. The second kappa shape index (κ2) is 8.06. The van der Waals surface area contributed by atoms with E-state index in [2.05, 4.69) is 29.6 Å². The molecule has 1 aromatic carbocycles. The Morgan fingerprint density at radius 3 is 2.65 bits per heavy atom. The summed E-state index contributed by atoms with van der Waals surface area (Å²) < 4.78 is 5.04. The van der Waals surface area contributed by atoms with Crippen LogP contribution < -0.4 is 0 Å². The van der Waals surface area contributed by atoms with Gasteiger partial charge in [0.25, 0.3) is 0 Å². The second-order valence-corrected chi connectivity index (χ2v) is 3.38. The number of hydrogen-bond donors (Lipinski definition) is 0. The Bertz CT molecular complexity index is 486. The number of rotatable bonds is 2. The van der Waals surface area contributed by atoms with Crippen molar-refractivity contribution in [1.29, 1.82) is 0 Å². The fourth-order valence-electron chi connectivity index (χ4n) is 1.10. The van der Waals surface area contributed by atoms with Crippen molar-refractivity contribution in [2.24, 2.45) is 5.92 Å². The van der Waals surface area contributed by atoms with E-state index < -0.39 is 0 Å². The van der Waals surface area contributed by atoms with Gasteiger partial charge in [0.1, 0.15) is 13.2 Å². The molecular formula is C16H14O. The SMILES string of the molecule is C#CCOCC#CC(C)C#Cc1ccccc1. The average Bonchev–Trinajstić information content (AvgIpc) is 2.37. The van der Waals surface area contributed by atoms with Crippen molar-refractivity contribution in [2.75, 3.05) is 13.2 Å². The van der Waals surface area contributed by atoms with E-state index in [1.165, 1.54) is 0 Å². The van der Waals surface area contributed by atoms with Crippen LogP contribution in [0.2, 0.25) is 0 Å². The van der Waals surface area contributed by atoms with E-state index in [-0.39, 0.29) is 5.92 Å². The van der Waals surface area contributed by atoms with Crippen LogP contribution in [0.4, 0.5) is 0 Å². The van der Waals surface area contributed by atoms with Gasteiger partial charge < -0.3 is 4.74 Å². The predicted octanol–water partition coefficient (Wildman–Crippen LogP) is 2.33. The number of terminal acetylenes is 1. The fraction of sp³-hybridized carbons (Fsp3) is 0.250. The molecule has 0 aliphatic carbocycles. The molecule has 0 saturated heterocycles. The number of hydrogen-bond acceptors (Lipinski definition) is 1. The first-order valence-corrected chi connectivity index (χ1v) is 5.39. The van der Waals surface area contributed by atoms with Gasteiger partial charge >= 0.3 is 0 Å². The molecule has 0 aliphatic rings. The topological polar surface area (TPSA) is 9.23 Å². The molecule has 0 aromatic heterocycles. The monoisotopic (exact) mass is 222 g/mol. The summed E-state index contributed by atoms with van der Waals surface area (Å²) in [5, 5.41) is 0. The first kappa shape index (κ1) is 12.9. The highest BCUT2D eigenvalue weighted by molar-refractivity contribution is 5.35. The van der Waals surface area contributed by atoms with Crippen LogP contribution in [0.5, 0.6) is 0 Å². The Hall–Kier alpha value is -2.14. The average molecular weight is 222 g/mol. The Morgan fingerprint density at radius 2 is 1.94 bits per heavy atom. The van der Waals surface area contributed by atoms with Crippen molar-refractivity contribution in [3.05, 3.63) is 35.9 Å². The highest BCUT2D eigenvalue weighted by Gasteiger charge is 1.88. The van der Waals surface area contributed by atoms with E-state index >= 15 is 0 Å². The lowest BCUT2D eigenvalue weighted by Crippen LogP contribution is -1.92. The molecule has 0 bridgehead atoms. The Labute approximate surface area is 103 Å². The molecule has 1 atom stereocenters. The molecule has 1 unspecified atom stereocenters. The first-order valence-electron chi connectivity index (χ1n) is 5.39. The van der Waals surface area contributed by atoms with Crippen LogP contribution >= 0.6 is 0 Å². The van der Waals surface area contributed by atoms with Crippen molar-refractivity contribution in [3.8, 4) is 36.0 Å².